The zero-order valence-electron chi connectivity index (χ0n) is 16.7. The number of thiazole rings is 1. The number of hydrogen-bond acceptors (Lipinski definition) is 6. The lowest BCUT2D eigenvalue weighted by molar-refractivity contribution is -0.146. The maximum atomic E-state index is 12.3. The number of carbonyl (C=O) groups is 3. The summed E-state index contributed by atoms with van der Waals surface area (Å²) in [5.41, 5.74) is 3.04. The number of para-hydroxylation sites is 1. The summed E-state index contributed by atoms with van der Waals surface area (Å²) in [5, 5.41) is 5.13. The van der Waals surface area contributed by atoms with E-state index in [-0.39, 0.29) is 18.9 Å². The smallest absolute Gasteiger partial charge is 0.312 e. The highest BCUT2D eigenvalue weighted by Gasteiger charge is 2.24. The van der Waals surface area contributed by atoms with Crippen LogP contribution in [0.1, 0.15) is 18.5 Å². The Labute approximate surface area is 183 Å². The van der Waals surface area contributed by atoms with Crippen LogP contribution in [0.3, 0.4) is 0 Å². The van der Waals surface area contributed by atoms with Crippen molar-refractivity contribution in [1.29, 1.82) is 0 Å². The molecule has 1 N–H and O–H groups in total. The molecule has 31 heavy (non-hydrogen) atoms. The quantitative estimate of drug-likeness (QED) is 0.572. The molecule has 2 amide bonds. The highest BCUT2D eigenvalue weighted by Crippen LogP contribution is 2.28. The summed E-state index contributed by atoms with van der Waals surface area (Å²) in [5.74, 6) is -0.912. The lowest BCUT2D eigenvalue weighted by Crippen LogP contribution is -2.23. The Morgan fingerprint density at radius 1 is 1.10 bits per heavy atom. The van der Waals surface area contributed by atoms with Crippen molar-refractivity contribution in [3.63, 3.8) is 0 Å². The van der Waals surface area contributed by atoms with E-state index in [2.05, 4.69) is 10.3 Å². The number of benzene rings is 2. The molecule has 4 rings (SSSR count). The number of rotatable bonds is 7. The van der Waals surface area contributed by atoms with Gasteiger partial charge in [-0.1, -0.05) is 48.5 Å². The second-order valence-corrected chi connectivity index (χ2v) is 7.90. The van der Waals surface area contributed by atoms with E-state index in [4.69, 9.17) is 4.74 Å². The molecule has 1 aromatic heterocycles. The van der Waals surface area contributed by atoms with Gasteiger partial charge in [0.2, 0.25) is 5.91 Å². The maximum Gasteiger partial charge on any atom is 0.312 e. The van der Waals surface area contributed by atoms with Gasteiger partial charge in [0.05, 0.1) is 12.1 Å². The van der Waals surface area contributed by atoms with E-state index < -0.39 is 11.9 Å². The van der Waals surface area contributed by atoms with Crippen LogP contribution < -0.4 is 10.2 Å². The second-order valence-electron chi connectivity index (χ2n) is 7.07. The molecule has 0 unspecified atom stereocenters. The number of anilines is 2. The third-order valence-corrected chi connectivity index (χ3v) is 5.73. The predicted molar refractivity (Wildman–Crippen MR) is 119 cm³/mol. The number of nitrogens with one attached hydrogen (secondary N) is 1. The Hall–Kier alpha value is -3.52. The van der Waals surface area contributed by atoms with Crippen LogP contribution in [0, 0.1) is 0 Å². The molecule has 158 valence electrons. The Kier molecular flexibility index (Phi) is 6.37. The molecule has 0 saturated carbocycles. The van der Waals surface area contributed by atoms with Gasteiger partial charge in [0, 0.05) is 29.6 Å². The van der Waals surface area contributed by atoms with E-state index in [9.17, 15) is 14.4 Å². The van der Waals surface area contributed by atoms with Crippen LogP contribution in [0.15, 0.2) is 60.0 Å². The molecule has 2 heterocycles. The van der Waals surface area contributed by atoms with Gasteiger partial charge in [-0.25, -0.2) is 4.98 Å². The molecule has 3 aromatic rings. The van der Waals surface area contributed by atoms with Gasteiger partial charge in [0.1, 0.15) is 0 Å². The summed E-state index contributed by atoms with van der Waals surface area (Å²) in [4.78, 5) is 42.2. The number of hydrogen-bond donors (Lipinski definition) is 1. The van der Waals surface area contributed by atoms with E-state index in [1.807, 2.05) is 48.5 Å². The molecule has 7 nitrogen and oxygen atoms in total. The van der Waals surface area contributed by atoms with Crippen LogP contribution in [0.5, 0.6) is 0 Å². The molecule has 1 saturated heterocycles. The number of nitrogens with zero attached hydrogens (tertiary/aromatic N) is 2. The number of carbonyl (C=O) groups excluding carboxylic acids is 3. The molecule has 1 fully saturated rings. The molecule has 0 atom stereocenters. The largest absolute Gasteiger partial charge is 0.455 e. The van der Waals surface area contributed by atoms with Gasteiger partial charge in [-0.05, 0) is 18.1 Å². The zero-order chi connectivity index (χ0) is 21.6. The Morgan fingerprint density at radius 3 is 2.65 bits per heavy atom. The minimum absolute atomic E-state index is 0.0492. The van der Waals surface area contributed by atoms with Gasteiger partial charge < -0.3 is 10.1 Å². The average Bonchev–Trinajstić information content (AvgIpc) is 3.42. The monoisotopic (exact) mass is 435 g/mol. The Morgan fingerprint density at radius 2 is 1.87 bits per heavy atom. The van der Waals surface area contributed by atoms with Gasteiger partial charge in [-0.3, -0.25) is 19.3 Å². The first-order valence-corrected chi connectivity index (χ1v) is 10.8. The fourth-order valence-corrected chi connectivity index (χ4v) is 4.21. The minimum Gasteiger partial charge on any atom is -0.455 e. The summed E-state index contributed by atoms with van der Waals surface area (Å²) in [7, 11) is 0. The molecule has 1 aliphatic heterocycles. The van der Waals surface area contributed by atoms with Crippen molar-refractivity contribution in [2.45, 2.75) is 19.3 Å². The summed E-state index contributed by atoms with van der Waals surface area (Å²) in [6, 6.07) is 17.2. The maximum absolute atomic E-state index is 12.3. The van der Waals surface area contributed by atoms with E-state index in [1.54, 1.807) is 16.3 Å². The fourth-order valence-electron chi connectivity index (χ4n) is 3.34. The van der Waals surface area contributed by atoms with Gasteiger partial charge in [-0.15, -0.1) is 11.3 Å². The van der Waals surface area contributed by atoms with Crippen molar-refractivity contribution in [1.82, 2.24) is 4.98 Å². The summed E-state index contributed by atoms with van der Waals surface area (Å²) in [6.07, 6.45) is 1.30. The average molecular weight is 436 g/mol. The van der Waals surface area contributed by atoms with Crippen molar-refractivity contribution >= 4 is 39.9 Å². The third-order valence-electron chi connectivity index (χ3n) is 4.82. The summed E-state index contributed by atoms with van der Waals surface area (Å²) in [6.45, 7) is 0.268. The van der Waals surface area contributed by atoms with Gasteiger partial charge in [0.15, 0.2) is 11.7 Å². The van der Waals surface area contributed by atoms with Crippen LogP contribution in [0.2, 0.25) is 0 Å². The molecular weight excluding hydrogens is 414 g/mol. The zero-order valence-corrected chi connectivity index (χ0v) is 17.6. The van der Waals surface area contributed by atoms with Crippen molar-refractivity contribution in [3.05, 3.63) is 65.7 Å². The lowest BCUT2D eigenvalue weighted by Gasteiger charge is -2.11. The van der Waals surface area contributed by atoms with Crippen LogP contribution >= 0.6 is 11.3 Å². The standard InChI is InChI=1S/C23H21N3O4S/c27-20(25-19-10-5-4-9-18(19)16-7-2-1-3-8-16)14-30-22(29)13-17-15-31-23(24-17)26-12-6-11-21(26)28/h1-5,7-10,15H,6,11-14H2,(H,25,27). The SMILES string of the molecule is O=C(COC(=O)Cc1csc(N2CCCC2=O)n1)Nc1ccccc1-c1ccccc1. The predicted octanol–water partition coefficient (Wildman–Crippen LogP) is 3.66. The lowest BCUT2D eigenvalue weighted by atomic mass is 10.0. The molecule has 0 radical (unpaired) electrons. The van der Waals surface area contributed by atoms with Crippen LogP contribution in [0.25, 0.3) is 11.1 Å². The van der Waals surface area contributed by atoms with Crippen LogP contribution in [0.4, 0.5) is 10.8 Å². The minimum atomic E-state index is -0.545. The number of amides is 2. The van der Waals surface area contributed by atoms with Gasteiger partial charge in [-0.2, -0.15) is 0 Å². The van der Waals surface area contributed by atoms with Crippen molar-refractivity contribution in [2.24, 2.45) is 0 Å². The molecule has 1 aliphatic rings. The normalized spacial score (nSPS) is 13.3. The Bertz CT molecular complexity index is 1100. The van der Waals surface area contributed by atoms with E-state index in [0.29, 0.717) is 29.5 Å². The highest BCUT2D eigenvalue weighted by molar-refractivity contribution is 7.14. The van der Waals surface area contributed by atoms with E-state index in [0.717, 1.165) is 17.5 Å². The second kappa shape index (κ2) is 9.53. The molecule has 0 aliphatic carbocycles. The molecule has 0 spiro atoms. The van der Waals surface area contributed by atoms with Gasteiger partial charge in [0.25, 0.3) is 5.91 Å². The molecule has 8 heteroatoms. The van der Waals surface area contributed by atoms with Crippen molar-refractivity contribution in [2.75, 3.05) is 23.4 Å². The molecule has 0 bridgehead atoms. The topological polar surface area (TPSA) is 88.6 Å². The van der Waals surface area contributed by atoms with E-state index >= 15 is 0 Å². The number of aromatic nitrogens is 1. The first-order chi connectivity index (χ1) is 15.1. The first-order valence-electron chi connectivity index (χ1n) is 9.95. The number of ether oxygens (including phenoxy) is 1. The van der Waals surface area contributed by atoms with E-state index in [1.165, 1.54) is 11.3 Å². The van der Waals surface area contributed by atoms with Crippen LogP contribution in [-0.2, 0) is 25.5 Å². The Balaban J connectivity index is 1.30. The van der Waals surface area contributed by atoms with Crippen molar-refractivity contribution < 1.29 is 19.1 Å². The molecule has 2 aromatic carbocycles. The molecular formula is C23H21N3O4S. The van der Waals surface area contributed by atoms with Crippen molar-refractivity contribution in [3.8, 4) is 11.1 Å². The van der Waals surface area contributed by atoms with Gasteiger partial charge >= 0.3 is 5.97 Å². The third kappa shape index (κ3) is 5.16. The number of esters is 1. The summed E-state index contributed by atoms with van der Waals surface area (Å²) < 4.78 is 5.11. The first kappa shape index (κ1) is 20.7. The highest BCUT2D eigenvalue weighted by atomic mass is 32.1. The van der Waals surface area contributed by atoms with Crippen LogP contribution in [-0.4, -0.2) is 35.9 Å². The summed E-state index contributed by atoms with van der Waals surface area (Å²) >= 11 is 1.33. The fraction of sp³-hybridized carbons (Fsp3) is 0.217.